The molecule has 0 atom stereocenters. The number of carbonyl (C=O) groups is 1. The number of carbonyl (C=O) groups excluding carboxylic acids is 1. The van der Waals surface area contributed by atoms with E-state index in [9.17, 15) is 17.6 Å². The third-order valence-electron chi connectivity index (χ3n) is 6.91. The molecule has 1 aliphatic carbocycles. The van der Waals surface area contributed by atoms with Gasteiger partial charge in [0.15, 0.2) is 5.13 Å². The van der Waals surface area contributed by atoms with E-state index in [1.54, 1.807) is 34.9 Å². The number of pyridine rings is 1. The van der Waals surface area contributed by atoms with Gasteiger partial charge in [0.1, 0.15) is 5.82 Å². The third-order valence-corrected chi connectivity index (χ3v) is 9.99. The number of fused-ring (bicyclic) bond motifs is 1. The van der Waals surface area contributed by atoms with Crippen molar-refractivity contribution in [3.05, 3.63) is 83.9 Å². The molecule has 7 nitrogen and oxygen atoms in total. The van der Waals surface area contributed by atoms with Gasteiger partial charge in [-0.1, -0.05) is 37.5 Å². The molecule has 0 aliphatic heterocycles. The van der Waals surface area contributed by atoms with Crippen molar-refractivity contribution < 1.29 is 17.6 Å². The number of hydrogen-bond donors (Lipinski definition) is 0. The van der Waals surface area contributed by atoms with E-state index in [1.807, 2.05) is 19.1 Å². The highest BCUT2D eigenvalue weighted by Gasteiger charge is 2.31. The van der Waals surface area contributed by atoms with Crippen LogP contribution in [0.15, 0.2) is 71.9 Å². The van der Waals surface area contributed by atoms with Gasteiger partial charge in [-0.15, -0.1) is 0 Å². The van der Waals surface area contributed by atoms with Crippen LogP contribution in [-0.2, 0) is 16.6 Å². The Bertz CT molecular complexity index is 1520. The molecule has 2 heterocycles. The van der Waals surface area contributed by atoms with Gasteiger partial charge in [-0.05, 0) is 73.0 Å². The van der Waals surface area contributed by atoms with Crippen molar-refractivity contribution >= 4 is 42.6 Å². The van der Waals surface area contributed by atoms with Crippen LogP contribution in [0.25, 0.3) is 10.2 Å². The Morgan fingerprint density at radius 1 is 1.03 bits per heavy atom. The van der Waals surface area contributed by atoms with Crippen LogP contribution in [0.5, 0.6) is 0 Å². The van der Waals surface area contributed by atoms with Crippen LogP contribution in [0.4, 0.5) is 9.52 Å². The largest absolute Gasteiger partial charge is 0.279 e. The first-order chi connectivity index (χ1) is 18.4. The number of nitrogens with zero attached hydrogens (tertiary/aromatic N) is 4. The number of hydrogen-bond acceptors (Lipinski definition) is 6. The minimum absolute atomic E-state index is 0.0137. The number of rotatable bonds is 8. The number of thiazole rings is 1. The van der Waals surface area contributed by atoms with E-state index in [0.29, 0.717) is 27.5 Å². The van der Waals surface area contributed by atoms with Crippen molar-refractivity contribution in [2.45, 2.75) is 56.5 Å². The van der Waals surface area contributed by atoms with Crippen molar-refractivity contribution in [2.24, 2.45) is 0 Å². The number of aromatic nitrogens is 2. The Balaban J connectivity index is 1.45. The minimum atomic E-state index is -3.68. The fraction of sp³-hybridized carbons (Fsp3) is 0.321. The van der Waals surface area contributed by atoms with E-state index < -0.39 is 10.0 Å². The lowest BCUT2D eigenvalue weighted by Gasteiger charge is -2.32. The van der Waals surface area contributed by atoms with Gasteiger partial charge in [0.05, 0.1) is 21.7 Å². The van der Waals surface area contributed by atoms with Gasteiger partial charge >= 0.3 is 0 Å². The summed E-state index contributed by atoms with van der Waals surface area (Å²) in [5, 5.41) is 0.429. The van der Waals surface area contributed by atoms with Gasteiger partial charge in [0, 0.05) is 30.5 Å². The zero-order valence-corrected chi connectivity index (χ0v) is 22.7. The second kappa shape index (κ2) is 11.3. The van der Waals surface area contributed by atoms with Crippen molar-refractivity contribution in [3.63, 3.8) is 0 Å². The topological polar surface area (TPSA) is 83.5 Å². The molecule has 2 aromatic heterocycles. The van der Waals surface area contributed by atoms with Crippen molar-refractivity contribution in [3.8, 4) is 0 Å². The van der Waals surface area contributed by atoms with Gasteiger partial charge < -0.3 is 0 Å². The zero-order valence-electron chi connectivity index (χ0n) is 21.1. The van der Waals surface area contributed by atoms with Gasteiger partial charge in [0.25, 0.3) is 5.91 Å². The summed E-state index contributed by atoms with van der Waals surface area (Å²) in [6.45, 7) is 2.51. The second-order valence-corrected chi connectivity index (χ2v) is 12.3. The van der Waals surface area contributed by atoms with Crippen LogP contribution in [0.2, 0.25) is 0 Å². The monoisotopic (exact) mass is 552 g/mol. The maximum Gasteiger partial charge on any atom is 0.260 e. The lowest BCUT2D eigenvalue weighted by molar-refractivity contribution is 0.0985. The summed E-state index contributed by atoms with van der Waals surface area (Å²) in [7, 11) is -3.68. The van der Waals surface area contributed by atoms with E-state index in [4.69, 9.17) is 0 Å². The lowest BCUT2D eigenvalue weighted by Crippen LogP contribution is -2.41. The molecule has 1 fully saturated rings. The molecule has 38 heavy (non-hydrogen) atoms. The third kappa shape index (κ3) is 5.48. The molecular formula is C28H29FN4O3S2. The molecule has 0 unspecified atom stereocenters. The van der Waals surface area contributed by atoms with Crippen LogP contribution >= 0.6 is 11.3 Å². The standard InChI is InChI=1S/C28H29FN4O3S2/c1-2-33(23-6-4-3-5-7-23)38(35,36)24-11-8-21(9-12-24)27(34)32(19-20-14-16-30-17-15-20)28-31-25-13-10-22(29)18-26(25)37-28/h8-18,23H,2-7,19H2,1H3. The average Bonchev–Trinajstić information content (AvgIpc) is 3.36. The first kappa shape index (κ1) is 26.4. The highest BCUT2D eigenvalue weighted by atomic mass is 32.2. The lowest BCUT2D eigenvalue weighted by atomic mass is 9.95. The van der Waals surface area contributed by atoms with Crippen LogP contribution in [0.1, 0.15) is 54.9 Å². The molecule has 0 radical (unpaired) electrons. The number of benzene rings is 2. The molecule has 1 aliphatic rings. The SMILES string of the molecule is CCN(C1CCCCC1)S(=O)(=O)c1ccc(C(=O)N(Cc2ccncc2)c2nc3ccc(F)cc3s2)cc1. The van der Waals surface area contributed by atoms with Crippen molar-refractivity contribution in [2.75, 3.05) is 11.4 Å². The molecule has 1 saturated carbocycles. The van der Waals surface area contributed by atoms with Crippen LogP contribution in [-0.4, -0.2) is 41.2 Å². The Hall–Kier alpha value is -3.21. The van der Waals surface area contributed by atoms with E-state index in [2.05, 4.69) is 9.97 Å². The quantitative estimate of drug-likeness (QED) is 0.267. The summed E-state index contributed by atoms with van der Waals surface area (Å²) >= 11 is 1.23. The number of halogens is 1. The molecule has 0 saturated heterocycles. The molecule has 4 aromatic rings. The highest BCUT2D eigenvalue weighted by molar-refractivity contribution is 7.89. The average molecular weight is 553 g/mol. The molecule has 10 heteroatoms. The normalized spacial score (nSPS) is 14.7. The van der Waals surface area contributed by atoms with E-state index >= 15 is 0 Å². The highest BCUT2D eigenvalue weighted by Crippen LogP contribution is 2.32. The molecule has 0 spiro atoms. The Morgan fingerprint density at radius 2 is 1.74 bits per heavy atom. The maximum absolute atomic E-state index is 13.8. The van der Waals surface area contributed by atoms with Crippen LogP contribution < -0.4 is 4.90 Å². The Morgan fingerprint density at radius 3 is 2.42 bits per heavy atom. The Labute approximate surface area is 226 Å². The van der Waals surface area contributed by atoms with Crippen LogP contribution in [0.3, 0.4) is 0 Å². The molecule has 1 amide bonds. The van der Waals surface area contributed by atoms with Gasteiger partial charge in [-0.2, -0.15) is 4.31 Å². The number of sulfonamides is 1. The molecule has 0 N–H and O–H groups in total. The maximum atomic E-state index is 13.8. The molecule has 2 aromatic carbocycles. The molecule has 0 bridgehead atoms. The summed E-state index contributed by atoms with van der Waals surface area (Å²) < 4.78 is 42.9. The van der Waals surface area contributed by atoms with Crippen LogP contribution in [0, 0.1) is 5.82 Å². The molecule has 198 valence electrons. The smallest absolute Gasteiger partial charge is 0.260 e. The summed E-state index contributed by atoms with van der Waals surface area (Å²) in [6, 6.07) is 14.1. The predicted octanol–water partition coefficient (Wildman–Crippen LogP) is 6.02. The summed E-state index contributed by atoms with van der Waals surface area (Å²) in [6.07, 6.45) is 8.27. The first-order valence-corrected chi connectivity index (χ1v) is 15.0. The number of amides is 1. The van der Waals surface area contributed by atoms with Crippen molar-refractivity contribution in [1.29, 1.82) is 0 Å². The fourth-order valence-electron chi connectivity index (χ4n) is 4.95. The summed E-state index contributed by atoms with van der Waals surface area (Å²) in [5.41, 5.74) is 1.79. The molecular weight excluding hydrogens is 523 g/mol. The van der Waals surface area contributed by atoms with Gasteiger partial charge in [0.2, 0.25) is 10.0 Å². The molecule has 5 rings (SSSR count). The first-order valence-electron chi connectivity index (χ1n) is 12.8. The summed E-state index contributed by atoms with van der Waals surface area (Å²) in [5.74, 6) is -0.698. The van der Waals surface area contributed by atoms with Crippen molar-refractivity contribution in [1.82, 2.24) is 14.3 Å². The van der Waals surface area contributed by atoms with Gasteiger partial charge in [-0.25, -0.2) is 17.8 Å². The fourth-order valence-corrected chi connectivity index (χ4v) is 7.64. The van der Waals surface area contributed by atoms with Gasteiger partial charge in [-0.3, -0.25) is 14.7 Å². The predicted molar refractivity (Wildman–Crippen MR) is 147 cm³/mol. The minimum Gasteiger partial charge on any atom is -0.279 e. The Kier molecular flexibility index (Phi) is 7.83. The number of anilines is 1. The summed E-state index contributed by atoms with van der Waals surface area (Å²) in [4.78, 5) is 24.1. The zero-order chi connectivity index (χ0) is 26.7. The van der Waals surface area contributed by atoms with E-state index in [0.717, 1.165) is 37.7 Å². The van der Waals surface area contributed by atoms with E-state index in [1.165, 1.54) is 40.5 Å². The second-order valence-electron chi connectivity index (χ2n) is 9.38. The van der Waals surface area contributed by atoms with E-state index in [-0.39, 0.29) is 29.2 Å².